The van der Waals surface area contributed by atoms with E-state index in [2.05, 4.69) is 17.2 Å². The SMILES string of the molecule is C=CCSCCNC(=O)Nc1cc(F)c(F)cc1C(=O)O. The van der Waals surface area contributed by atoms with Gasteiger partial charge in [-0.25, -0.2) is 18.4 Å². The van der Waals surface area contributed by atoms with E-state index >= 15 is 0 Å². The van der Waals surface area contributed by atoms with Crippen LogP contribution in [0.4, 0.5) is 19.3 Å². The standard InChI is InChI=1S/C13H14F2N2O3S/c1-2-4-21-5-3-16-13(20)17-11-7-10(15)9(14)6-8(11)12(18)19/h2,6-7H,1,3-5H2,(H,18,19)(H2,16,17,20). The molecule has 0 spiro atoms. The van der Waals surface area contributed by atoms with Crippen LogP contribution in [0.3, 0.4) is 0 Å². The average molecular weight is 316 g/mol. The number of carbonyl (C=O) groups is 2. The summed E-state index contributed by atoms with van der Waals surface area (Å²) in [6.45, 7) is 3.89. The third kappa shape index (κ3) is 5.42. The van der Waals surface area contributed by atoms with E-state index in [1.807, 2.05) is 0 Å². The van der Waals surface area contributed by atoms with E-state index in [-0.39, 0.29) is 5.69 Å². The van der Waals surface area contributed by atoms with Gasteiger partial charge in [-0.15, -0.1) is 6.58 Å². The van der Waals surface area contributed by atoms with Crippen LogP contribution >= 0.6 is 11.8 Å². The Kier molecular flexibility index (Phi) is 6.67. The first kappa shape index (κ1) is 17.0. The molecule has 0 saturated heterocycles. The number of halogens is 2. The van der Waals surface area contributed by atoms with Crippen LogP contribution in [0.5, 0.6) is 0 Å². The maximum absolute atomic E-state index is 13.1. The van der Waals surface area contributed by atoms with E-state index in [0.29, 0.717) is 24.4 Å². The second-order valence-corrected chi connectivity index (χ2v) is 5.01. The van der Waals surface area contributed by atoms with Gasteiger partial charge in [0.2, 0.25) is 0 Å². The Bertz CT molecular complexity index is 552. The smallest absolute Gasteiger partial charge is 0.337 e. The van der Waals surface area contributed by atoms with Gasteiger partial charge in [-0.1, -0.05) is 6.08 Å². The Morgan fingerprint density at radius 1 is 1.33 bits per heavy atom. The summed E-state index contributed by atoms with van der Waals surface area (Å²) in [7, 11) is 0. The van der Waals surface area contributed by atoms with Crippen molar-refractivity contribution in [3.8, 4) is 0 Å². The number of carboxylic acids is 1. The molecule has 0 heterocycles. The predicted molar refractivity (Wildman–Crippen MR) is 77.9 cm³/mol. The number of rotatable bonds is 7. The summed E-state index contributed by atoms with van der Waals surface area (Å²) >= 11 is 1.55. The molecule has 0 aromatic heterocycles. The molecule has 21 heavy (non-hydrogen) atoms. The second kappa shape index (κ2) is 8.25. The first-order chi connectivity index (χ1) is 9.95. The van der Waals surface area contributed by atoms with Gasteiger partial charge < -0.3 is 15.7 Å². The zero-order chi connectivity index (χ0) is 15.8. The summed E-state index contributed by atoms with van der Waals surface area (Å²) in [6.07, 6.45) is 1.73. The molecule has 0 aliphatic heterocycles. The molecule has 0 radical (unpaired) electrons. The lowest BCUT2D eigenvalue weighted by molar-refractivity contribution is 0.0697. The van der Waals surface area contributed by atoms with Gasteiger partial charge in [-0.3, -0.25) is 0 Å². The van der Waals surface area contributed by atoms with Crippen LogP contribution in [0, 0.1) is 11.6 Å². The molecule has 1 rings (SSSR count). The maximum atomic E-state index is 13.1. The molecule has 1 aromatic rings. The molecule has 0 aliphatic rings. The minimum absolute atomic E-state index is 0.308. The Balaban J connectivity index is 2.65. The molecule has 0 aliphatic carbocycles. The Hall–Kier alpha value is -2.09. The number of urea groups is 1. The van der Waals surface area contributed by atoms with Crippen molar-refractivity contribution in [3.63, 3.8) is 0 Å². The Labute approximate surface area is 124 Å². The van der Waals surface area contributed by atoms with E-state index < -0.39 is 29.2 Å². The third-order valence-corrected chi connectivity index (χ3v) is 3.27. The summed E-state index contributed by atoms with van der Waals surface area (Å²) in [6, 6.07) is 0.459. The largest absolute Gasteiger partial charge is 0.478 e. The number of amides is 2. The highest BCUT2D eigenvalue weighted by Crippen LogP contribution is 2.20. The van der Waals surface area contributed by atoms with Gasteiger partial charge >= 0.3 is 12.0 Å². The number of carbonyl (C=O) groups excluding carboxylic acids is 1. The minimum atomic E-state index is -1.47. The lowest BCUT2D eigenvalue weighted by atomic mass is 10.1. The molecular weight excluding hydrogens is 302 g/mol. The predicted octanol–water partition coefficient (Wildman–Crippen LogP) is 2.70. The number of thioether (sulfide) groups is 1. The zero-order valence-electron chi connectivity index (χ0n) is 11.0. The summed E-state index contributed by atoms with van der Waals surface area (Å²) in [4.78, 5) is 22.5. The number of aromatic carboxylic acids is 1. The fourth-order valence-electron chi connectivity index (χ4n) is 1.40. The van der Waals surface area contributed by atoms with Crippen LogP contribution in [0.25, 0.3) is 0 Å². The summed E-state index contributed by atoms with van der Waals surface area (Å²) in [5.41, 5.74) is -0.831. The number of benzene rings is 1. The summed E-state index contributed by atoms with van der Waals surface area (Å²) in [5.74, 6) is -2.61. The normalized spacial score (nSPS) is 10.0. The van der Waals surface area contributed by atoms with Crippen molar-refractivity contribution in [1.29, 1.82) is 0 Å². The Morgan fingerprint density at radius 3 is 2.62 bits per heavy atom. The highest BCUT2D eigenvalue weighted by molar-refractivity contribution is 7.99. The molecule has 0 saturated carbocycles. The van der Waals surface area contributed by atoms with Gasteiger partial charge in [0.1, 0.15) is 0 Å². The topological polar surface area (TPSA) is 78.4 Å². The van der Waals surface area contributed by atoms with Crippen LogP contribution in [-0.4, -0.2) is 35.2 Å². The van der Waals surface area contributed by atoms with Crippen molar-refractivity contribution < 1.29 is 23.5 Å². The van der Waals surface area contributed by atoms with Crippen LogP contribution in [0.15, 0.2) is 24.8 Å². The number of hydrogen-bond donors (Lipinski definition) is 3. The fourth-order valence-corrected chi connectivity index (χ4v) is 1.98. The van der Waals surface area contributed by atoms with Crippen molar-refractivity contribution >= 4 is 29.4 Å². The van der Waals surface area contributed by atoms with Gasteiger partial charge in [0, 0.05) is 24.1 Å². The quantitative estimate of drug-likeness (QED) is 0.534. The summed E-state index contributed by atoms with van der Waals surface area (Å²) < 4.78 is 26.1. The number of carboxylic acid groups (broad SMARTS) is 1. The lowest BCUT2D eigenvalue weighted by Gasteiger charge is -2.10. The van der Waals surface area contributed by atoms with Gasteiger partial charge in [0.15, 0.2) is 11.6 Å². The molecule has 0 unspecified atom stereocenters. The first-order valence-corrected chi connectivity index (χ1v) is 7.07. The zero-order valence-corrected chi connectivity index (χ0v) is 11.8. The molecule has 1 aromatic carbocycles. The van der Waals surface area contributed by atoms with Crippen molar-refractivity contribution in [1.82, 2.24) is 5.32 Å². The molecule has 0 atom stereocenters. The van der Waals surface area contributed by atoms with E-state index in [4.69, 9.17) is 5.11 Å². The van der Waals surface area contributed by atoms with E-state index in [1.165, 1.54) is 0 Å². The molecule has 3 N–H and O–H groups in total. The minimum Gasteiger partial charge on any atom is -0.478 e. The second-order valence-electron chi connectivity index (χ2n) is 3.86. The number of hydrogen-bond acceptors (Lipinski definition) is 3. The van der Waals surface area contributed by atoms with Crippen molar-refractivity contribution in [2.24, 2.45) is 0 Å². The number of anilines is 1. The number of nitrogens with one attached hydrogen (secondary N) is 2. The van der Waals surface area contributed by atoms with Gasteiger partial charge in [0.25, 0.3) is 0 Å². The molecule has 0 fully saturated rings. The van der Waals surface area contributed by atoms with E-state index in [0.717, 1.165) is 5.75 Å². The van der Waals surface area contributed by atoms with E-state index in [9.17, 15) is 18.4 Å². The summed E-state index contributed by atoms with van der Waals surface area (Å²) in [5, 5.41) is 13.6. The average Bonchev–Trinajstić information content (AvgIpc) is 2.42. The van der Waals surface area contributed by atoms with Crippen LogP contribution in [0.1, 0.15) is 10.4 Å². The van der Waals surface area contributed by atoms with Crippen molar-refractivity contribution in [2.45, 2.75) is 0 Å². The first-order valence-electron chi connectivity index (χ1n) is 5.91. The molecule has 2 amide bonds. The molecule has 5 nitrogen and oxygen atoms in total. The Morgan fingerprint density at radius 2 is 2.00 bits per heavy atom. The monoisotopic (exact) mass is 316 g/mol. The highest BCUT2D eigenvalue weighted by atomic mass is 32.2. The van der Waals surface area contributed by atoms with Gasteiger partial charge in [0.05, 0.1) is 11.3 Å². The third-order valence-electron chi connectivity index (χ3n) is 2.31. The molecule has 8 heteroatoms. The van der Waals surface area contributed by atoms with Crippen LogP contribution < -0.4 is 10.6 Å². The lowest BCUT2D eigenvalue weighted by Crippen LogP contribution is -2.31. The highest BCUT2D eigenvalue weighted by Gasteiger charge is 2.16. The molecular formula is C13H14F2N2O3S. The van der Waals surface area contributed by atoms with Gasteiger partial charge in [-0.2, -0.15) is 11.8 Å². The fraction of sp³-hybridized carbons (Fsp3) is 0.231. The molecule has 0 bridgehead atoms. The van der Waals surface area contributed by atoms with E-state index in [1.54, 1.807) is 17.8 Å². The van der Waals surface area contributed by atoms with Gasteiger partial charge in [-0.05, 0) is 6.07 Å². The van der Waals surface area contributed by atoms with Crippen molar-refractivity contribution in [3.05, 3.63) is 42.0 Å². The maximum Gasteiger partial charge on any atom is 0.337 e. The van der Waals surface area contributed by atoms with Crippen molar-refractivity contribution in [2.75, 3.05) is 23.4 Å². The van der Waals surface area contributed by atoms with Crippen LogP contribution in [0.2, 0.25) is 0 Å². The van der Waals surface area contributed by atoms with Crippen LogP contribution in [-0.2, 0) is 0 Å². The molecule has 114 valence electrons.